The maximum Gasteiger partial charge on any atom is 0.261 e. The molecule has 0 fully saturated rings. The molecule has 1 N–H and O–H groups in total. The van der Waals surface area contributed by atoms with Crippen LogP contribution in [0.25, 0.3) is 11.4 Å². The number of rotatable bonds is 5. The third-order valence-corrected chi connectivity index (χ3v) is 4.66. The molecular formula is C22H18N4O3. The summed E-state index contributed by atoms with van der Waals surface area (Å²) in [5, 5.41) is 2.69. The third-order valence-electron chi connectivity index (χ3n) is 4.66. The Kier molecular flexibility index (Phi) is 4.87. The molecule has 7 nitrogen and oxygen atoms in total. The van der Waals surface area contributed by atoms with Gasteiger partial charge in [0.05, 0.1) is 29.2 Å². The molecule has 3 amide bonds. The first kappa shape index (κ1) is 18.5. The smallest absolute Gasteiger partial charge is 0.261 e. The van der Waals surface area contributed by atoms with Crippen LogP contribution < -0.4 is 5.32 Å². The van der Waals surface area contributed by atoms with E-state index in [-0.39, 0.29) is 30.7 Å². The van der Waals surface area contributed by atoms with Crippen molar-refractivity contribution in [1.29, 1.82) is 0 Å². The molecule has 144 valence electrons. The molecule has 0 aliphatic carbocycles. The second kappa shape index (κ2) is 7.63. The van der Waals surface area contributed by atoms with Gasteiger partial charge in [0.2, 0.25) is 5.91 Å². The zero-order valence-corrected chi connectivity index (χ0v) is 15.8. The fraction of sp³-hybridized carbons (Fsp3) is 0.136. The molecule has 3 aromatic rings. The summed E-state index contributed by atoms with van der Waals surface area (Å²) in [6.45, 7) is 1.87. The molecular weight excluding hydrogens is 368 g/mol. The maximum atomic E-state index is 12.5. The summed E-state index contributed by atoms with van der Waals surface area (Å²) in [5.74, 6) is -0.496. The number of hydrogen-bond donors (Lipinski definition) is 1. The van der Waals surface area contributed by atoms with Crippen molar-refractivity contribution in [2.24, 2.45) is 0 Å². The van der Waals surface area contributed by atoms with Crippen LogP contribution >= 0.6 is 0 Å². The van der Waals surface area contributed by atoms with Gasteiger partial charge in [-0.2, -0.15) is 0 Å². The van der Waals surface area contributed by atoms with Crippen molar-refractivity contribution in [3.63, 3.8) is 0 Å². The highest BCUT2D eigenvalue weighted by molar-refractivity contribution is 6.21. The standard InChI is InChI=1S/C22H18N4O3/c1-14-7-8-17-18(11-14)22(29)26(21(17)28)10-9-19(27)25-16-12-23-20(24-13-16)15-5-3-2-4-6-15/h2-8,11-13H,9-10H2,1H3,(H,25,27). The highest BCUT2D eigenvalue weighted by atomic mass is 16.2. The second-order valence-electron chi connectivity index (χ2n) is 6.77. The lowest BCUT2D eigenvalue weighted by molar-refractivity contribution is -0.116. The maximum absolute atomic E-state index is 12.5. The van der Waals surface area contributed by atoms with Gasteiger partial charge in [-0.25, -0.2) is 9.97 Å². The van der Waals surface area contributed by atoms with Gasteiger partial charge in [-0.3, -0.25) is 19.3 Å². The number of carbonyl (C=O) groups excluding carboxylic acids is 3. The summed E-state index contributed by atoms with van der Waals surface area (Å²) in [7, 11) is 0. The monoisotopic (exact) mass is 386 g/mol. The number of nitrogens with zero attached hydrogens (tertiary/aromatic N) is 3. The first-order chi connectivity index (χ1) is 14.0. The first-order valence-corrected chi connectivity index (χ1v) is 9.17. The lowest BCUT2D eigenvalue weighted by Crippen LogP contribution is -2.32. The fourth-order valence-corrected chi connectivity index (χ4v) is 3.17. The van der Waals surface area contributed by atoms with Crippen molar-refractivity contribution in [2.75, 3.05) is 11.9 Å². The van der Waals surface area contributed by atoms with Crippen LogP contribution in [0.2, 0.25) is 0 Å². The number of anilines is 1. The lowest BCUT2D eigenvalue weighted by Gasteiger charge is -2.13. The van der Waals surface area contributed by atoms with E-state index in [4.69, 9.17) is 0 Å². The Labute approximate surface area is 167 Å². The number of hydrogen-bond acceptors (Lipinski definition) is 5. The number of nitrogens with one attached hydrogen (secondary N) is 1. The van der Waals surface area contributed by atoms with Crippen LogP contribution in [0.1, 0.15) is 32.7 Å². The molecule has 1 aliphatic rings. The number of carbonyl (C=O) groups is 3. The summed E-state index contributed by atoms with van der Waals surface area (Å²) in [6.07, 6.45) is 3.04. The summed E-state index contributed by atoms with van der Waals surface area (Å²) in [6, 6.07) is 14.6. The number of amides is 3. The molecule has 29 heavy (non-hydrogen) atoms. The van der Waals surface area contributed by atoms with Gasteiger partial charge in [0.15, 0.2) is 5.82 Å². The average Bonchev–Trinajstić information content (AvgIpc) is 2.97. The van der Waals surface area contributed by atoms with E-state index in [1.165, 1.54) is 12.4 Å². The number of aromatic nitrogens is 2. The molecule has 0 atom stereocenters. The average molecular weight is 386 g/mol. The Morgan fingerprint density at radius 1 is 0.966 bits per heavy atom. The van der Waals surface area contributed by atoms with Crippen LogP contribution in [0, 0.1) is 6.92 Å². The van der Waals surface area contributed by atoms with Crippen molar-refractivity contribution in [3.8, 4) is 11.4 Å². The third kappa shape index (κ3) is 3.75. The van der Waals surface area contributed by atoms with Crippen molar-refractivity contribution in [3.05, 3.63) is 77.6 Å². The molecule has 4 rings (SSSR count). The van der Waals surface area contributed by atoms with Gasteiger partial charge in [-0.05, 0) is 19.1 Å². The predicted molar refractivity (Wildman–Crippen MR) is 107 cm³/mol. The number of benzene rings is 2. The van der Waals surface area contributed by atoms with Crippen LogP contribution in [0.15, 0.2) is 60.9 Å². The molecule has 0 radical (unpaired) electrons. The molecule has 1 aliphatic heterocycles. The van der Waals surface area contributed by atoms with Gasteiger partial charge in [-0.15, -0.1) is 0 Å². The van der Waals surface area contributed by atoms with Crippen molar-refractivity contribution < 1.29 is 14.4 Å². The zero-order valence-electron chi connectivity index (χ0n) is 15.8. The van der Waals surface area contributed by atoms with E-state index >= 15 is 0 Å². The Hall–Kier alpha value is -3.87. The number of aryl methyl sites for hydroxylation is 1. The largest absolute Gasteiger partial charge is 0.323 e. The van der Waals surface area contributed by atoms with Crippen LogP contribution in [0.3, 0.4) is 0 Å². The first-order valence-electron chi connectivity index (χ1n) is 9.17. The quantitative estimate of drug-likeness (QED) is 0.681. The minimum Gasteiger partial charge on any atom is -0.323 e. The molecule has 0 saturated heterocycles. The van der Waals surface area contributed by atoms with Gasteiger partial charge >= 0.3 is 0 Å². The van der Waals surface area contributed by atoms with Crippen molar-refractivity contribution in [1.82, 2.24) is 14.9 Å². The van der Waals surface area contributed by atoms with E-state index in [1.807, 2.05) is 37.3 Å². The van der Waals surface area contributed by atoms with Crippen LogP contribution in [0.4, 0.5) is 5.69 Å². The molecule has 1 aromatic heterocycles. The second-order valence-corrected chi connectivity index (χ2v) is 6.77. The van der Waals surface area contributed by atoms with E-state index in [2.05, 4.69) is 15.3 Å². The molecule has 0 unspecified atom stereocenters. The minimum absolute atomic E-state index is 0.00904. The molecule has 0 spiro atoms. The van der Waals surface area contributed by atoms with Crippen molar-refractivity contribution >= 4 is 23.4 Å². The number of fused-ring (bicyclic) bond motifs is 1. The summed E-state index contributed by atoms with van der Waals surface area (Å²) in [4.78, 5) is 46.7. The highest BCUT2D eigenvalue weighted by Gasteiger charge is 2.35. The van der Waals surface area contributed by atoms with Crippen LogP contribution in [-0.4, -0.2) is 39.1 Å². The highest BCUT2D eigenvalue weighted by Crippen LogP contribution is 2.24. The molecule has 2 aromatic carbocycles. The molecule has 0 saturated carbocycles. The summed E-state index contributed by atoms with van der Waals surface area (Å²) < 4.78 is 0. The van der Waals surface area contributed by atoms with E-state index < -0.39 is 0 Å². The molecule has 0 bridgehead atoms. The predicted octanol–water partition coefficient (Wildman–Crippen LogP) is 3.08. The van der Waals surface area contributed by atoms with E-state index in [0.717, 1.165) is 16.0 Å². The van der Waals surface area contributed by atoms with E-state index in [9.17, 15) is 14.4 Å². The minimum atomic E-state index is -0.367. The van der Waals surface area contributed by atoms with Gasteiger partial charge in [0.1, 0.15) is 0 Å². The van der Waals surface area contributed by atoms with E-state index in [1.54, 1.807) is 18.2 Å². The Balaban J connectivity index is 1.36. The van der Waals surface area contributed by atoms with Gasteiger partial charge in [0.25, 0.3) is 11.8 Å². The summed E-state index contributed by atoms with van der Waals surface area (Å²) >= 11 is 0. The normalized spacial score (nSPS) is 12.8. The van der Waals surface area contributed by atoms with Crippen LogP contribution in [-0.2, 0) is 4.79 Å². The van der Waals surface area contributed by atoms with Gasteiger partial charge in [-0.1, -0.05) is 42.0 Å². The molecule has 2 heterocycles. The van der Waals surface area contributed by atoms with Gasteiger partial charge < -0.3 is 5.32 Å². The zero-order chi connectivity index (χ0) is 20.4. The van der Waals surface area contributed by atoms with Gasteiger partial charge in [0, 0.05) is 18.5 Å². The molecule has 7 heteroatoms. The lowest BCUT2D eigenvalue weighted by atomic mass is 10.1. The fourth-order valence-electron chi connectivity index (χ4n) is 3.17. The number of imide groups is 1. The Morgan fingerprint density at radius 2 is 1.66 bits per heavy atom. The van der Waals surface area contributed by atoms with Crippen molar-refractivity contribution in [2.45, 2.75) is 13.3 Å². The van der Waals surface area contributed by atoms with E-state index in [0.29, 0.717) is 22.6 Å². The summed E-state index contributed by atoms with van der Waals surface area (Å²) in [5.41, 5.74) is 3.01. The Morgan fingerprint density at radius 3 is 2.38 bits per heavy atom. The Bertz CT molecular complexity index is 1090. The topological polar surface area (TPSA) is 92.3 Å². The SMILES string of the molecule is Cc1ccc2c(c1)C(=O)N(CCC(=O)Nc1cnc(-c3ccccc3)nc1)C2=O. The van der Waals surface area contributed by atoms with Crippen LogP contribution in [0.5, 0.6) is 0 Å².